The lowest BCUT2D eigenvalue weighted by Gasteiger charge is -2.29. The minimum absolute atomic E-state index is 0.622. The molecule has 0 spiro atoms. The van der Waals surface area contributed by atoms with Crippen LogP contribution in [0.4, 0.5) is 0 Å². The van der Waals surface area contributed by atoms with Gasteiger partial charge in [0.15, 0.2) is 17.5 Å². The van der Waals surface area contributed by atoms with Gasteiger partial charge in [-0.2, -0.15) is 0 Å². The van der Waals surface area contributed by atoms with Gasteiger partial charge in [0.2, 0.25) is 0 Å². The van der Waals surface area contributed by atoms with E-state index >= 15 is 0 Å². The van der Waals surface area contributed by atoms with Crippen molar-refractivity contribution in [2.24, 2.45) is 0 Å². The Kier molecular flexibility index (Phi) is 12.3. The molecule has 2 heterocycles. The first-order valence-corrected chi connectivity index (χ1v) is 26.3. The van der Waals surface area contributed by atoms with Gasteiger partial charge in [0.25, 0.3) is 0 Å². The van der Waals surface area contributed by atoms with Crippen LogP contribution < -0.4 is 92.9 Å². The molecule has 4 nitrogen and oxygen atoms in total. The molecule has 0 aliphatic carbocycles. The molecule has 0 saturated carbocycles. The summed E-state index contributed by atoms with van der Waals surface area (Å²) < 4.78 is 7.49. The summed E-state index contributed by atoms with van der Waals surface area (Å²) in [5.74, 6) is 1.87. The molecule has 0 bridgehead atoms. The Labute approximate surface area is 451 Å². The second kappa shape index (κ2) is 18.4. The zero-order valence-electron chi connectivity index (χ0n) is 46.5. The summed E-state index contributed by atoms with van der Waals surface area (Å²) in [6.07, 6.45) is 0. The molecule has 11 aromatic rings. The highest BCUT2D eigenvalue weighted by Crippen LogP contribution is 2.37. The van der Waals surface area contributed by atoms with Crippen LogP contribution in [-0.2, 0) is 0 Å². The third-order valence-corrected chi connectivity index (χ3v) is 18.0. The van der Waals surface area contributed by atoms with Crippen LogP contribution in [0, 0.1) is 0 Å². The van der Waals surface area contributed by atoms with Crippen LogP contribution in [0.5, 0.6) is 0 Å². The molecule has 0 fully saturated rings. The maximum atomic E-state index is 7.49. The zero-order valence-corrected chi connectivity index (χ0v) is 46.5. The van der Waals surface area contributed by atoms with Gasteiger partial charge in [0, 0.05) is 27.5 Å². The Balaban J connectivity index is 1.24. The molecule has 0 unspecified atom stereocenters. The van der Waals surface area contributed by atoms with E-state index in [1.54, 1.807) is 0 Å². The fourth-order valence-electron chi connectivity index (χ4n) is 12.9. The van der Waals surface area contributed by atoms with Gasteiger partial charge in [-0.1, -0.05) is 146 Å². The van der Waals surface area contributed by atoms with E-state index < -0.39 is 0 Å². The summed E-state index contributed by atoms with van der Waals surface area (Å²) in [6, 6.07) is 34.2. The Hall–Kier alpha value is -6.59. The first-order chi connectivity index (χ1) is 35.3. The highest BCUT2D eigenvalue weighted by atomic mass is 16.3. The quantitative estimate of drug-likeness (QED) is 0.156. The SMILES string of the molecule is Bc1c(B)c(B)c(-c2c(B)c(B)c(-c3c(B)c(-c4nc(-c5ccccc5)nc(-c5ccc(-c6ccc7ccccc7c6)cc5)n4)c(B)c4oc5c(B)c6c(B)c(B)c(B)c(B)c6c(B)c5c34)c(B)c2B)c(B)c1B. The van der Waals surface area contributed by atoms with Gasteiger partial charge in [-0.25, -0.2) is 15.0 Å². The van der Waals surface area contributed by atoms with E-state index in [0.29, 0.717) is 17.5 Å². The van der Waals surface area contributed by atoms with Crippen molar-refractivity contribution in [2.75, 3.05) is 0 Å². The molecule has 0 N–H and O–H groups in total. The van der Waals surface area contributed by atoms with Gasteiger partial charge in [-0.05, 0) is 71.9 Å². The molecule has 0 saturated heterocycles. The fraction of sp³-hybridized carbons (Fsp3) is 0. The van der Waals surface area contributed by atoms with Crippen molar-refractivity contribution in [2.45, 2.75) is 0 Å². The number of nitrogens with zero attached hydrogens (tertiary/aromatic N) is 3. The second-order valence-electron chi connectivity index (χ2n) is 21.6. The van der Waals surface area contributed by atoms with Crippen molar-refractivity contribution in [1.82, 2.24) is 15.0 Å². The van der Waals surface area contributed by atoms with E-state index in [0.717, 1.165) is 49.7 Å². The molecular formula is C53H50B17N3O. The molecule has 0 aliphatic heterocycles. The van der Waals surface area contributed by atoms with Crippen molar-refractivity contribution >= 4 is 270 Å². The van der Waals surface area contributed by atoms with E-state index in [2.05, 4.69) is 224 Å². The van der Waals surface area contributed by atoms with Crippen LogP contribution in [-0.4, -0.2) is 148 Å². The maximum absolute atomic E-state index is 7.49. The van der Waals surface area contributed by atoms with Crippen molar-refractivity contribution in [3.63, 3.8) is 0 Å². The van der Waals surface area contributed by atoms with Gasteiger partial charge in [0.1, 0.15) is 145 Å². The Bertz CT molecular complexity index is 4220. The summed E-state index contributed by atoms with van der Waals surface area (Å²) in [5, 5.41) is 7.42. The molecule has 11 rings (SSSR count). The van der Waals surface area contributed by atoms with Gasteiger partial charge >= 0.3 is 0 Å². The third kappa shape index (κ3) is 7.41. The second-order valence-corrected chi connectivity index (χ2v) is 21.6. The molecule has 0 radical (unpaired) electrons. The van der Waals surface area contributed by atoms with Crippen molar-refractivity contribution in [1.29, 1.82) is 0 Å². The molecule has 0 atom stereocenters. The number of furan rings is 1. The molecular weight excluding hydrogens is 878 g/mol. The van der Waals surface area contributed by atoms with E-state index in [-0.39, 0.29) is 0 Å². The highest BCUT2D eigenvalue weighted by Gasteiger charge is 2.30. The zero-order chi connectivity index (χ0) is 52.5. The Morgan fingerprint density at radius 1 is 0.243 bits per heavy atom. The van der Waals surface area contributed by atoms with E-state index in [1.165, 1.54) is 137 Å². The summed E-state index contributed by atoms with van der Waals surface area (Å²) >= 11 is 0. The molecule has 9 aromatic carbocycles. The maximum Gasteiger partial charge on any atom is 0.164 e. The van der Waals surface area contributed by atoms with Crippen LogP contribution in [0.15, 0.2) is 101 Å². The Morgan fingerprint density at radius 3 is 1.22 bits per heavy atom. The molecule has 0 amide bonds. The monoisotopic (exact) mass is 932 g/mol. The normalized spacial score (nSPS) is 11.6. The molecule has 0 aliphatic rings. The molecule has 2 aromatic heterocycles. The number of hydrogen-bond acceptors (Lipinski definition) is 4. The van der Waals surface area contributed by atoms with Crippen LogP contribution >= 0.6 is 0 Å². The average Bonchev–Trinajstić information content (AvgIpc) is 3.85. The lowest BCUT2D eigenvalue weighted by Crippen LogP contribution is -2.57. The topological polar surface area (TPSA) is 51.8 Å². The van der Waals surface area contributed by atoms with Crippen LogP contribution in [0.1, 0.15) is 0 Å². The summed E-state index contributed by atoms with van der Waals surface area (Å²) in [7, 11) is 39.1. The van der Waals surface area contributed by atoms with Crippen LogP contribution in [0.2, 0.25) is 0 Å². The van der Waals surface area contributed by atoms with Crippen molar-refractivity contribution in [3.8, 4) is 67.5 Å². The predicted molar refractivity (Wildman–Crippen MR) is 374 cm³/mol. The largest absolute Gasteiger partial charge is 0.457 e. The van der Waals surface area contributed by atoms with E-state index in [9.17, 15) is 0 Å². The van der Waals surface area contributed by atoms with Gasteiger partial charge in [-0.15, -0.1) is 27.3 Å². The van der Waals surface area contributed by atoms with E-state index in [4.69, 9.17) is 19.4 Å². The Morgan fingerprint density at radius 2 is 0.649 bits per heavy atom. The number of hydrogen-bond donors (Lipinski definition) is 0. The van der Waals surface area contributed by atoms with E-state index in [1.807, 2.05) is 6.07 Å². The number of rotatable bonds is 6. The first kappa shape index (κ1) is 49.6. The van der Waals surface area contributed by atoms with Crippen LogP contribution in [0.25, 0.3) is 111 Å². The molecule has 334 valence electrons. The molecule has 74 heavy (non-hydrogen) atoms. The molecule has 21 heteroatoms. The predicted octanol–water partition coefficient (Wildman–Crippen LogP) is -15.5. The van der Waals surface area contributed by atoms with Crippen molar-refractivity contribution in [3.05, 3.63) is 97.1 Å². The van der Waals surface area contributed by atoms with Gasteiger partial charge < -0.3 is 4.42 Å². The third-order valence-electron chi connectivity index (χ3n) is 18.0. The lowest BCUT2D eigenvalue weighted by molar-refractivity contribution is 0.675. The minimum Gasteiger partial charge on any atom is -0.457 e. The minimum atomic E-state index is 0.622. The van der Waals surface area contributed by atoms with Gasteiger partial charge in [0.05, 0.1) is 0 Å². The van der Waals surface area contributed by atoms with Crippen LogP contribution in [0.3, 0.4) is 0 Å². The summed E-state index contributed by atoms with van der Waals surface area (Å²) in [5.41, 5.74) is 34.0. The number of fused-ring (bicyclic) bond motifs is 5. The standard InChI is InChI=1S/C53H50B17N3O/c54-32-23(25-34(56)36(58)27(37(59)35(25)57)28-39(61)46(68)48(70)47(69)40(28)62)24-30-33(55)26-29(41(63)45(67)44(66)38(26)60)42(64)50(30)74-49(24)43(65)31(32)53-72-51(19-7-2-1-3-8-19)71-52(73-53)20-13-10-18(11-14-20)22-15-12-17-6-4-5-9-21(17)16-22/h1-16H,54-70H2. The summed E-state index contributed by atoms with van der Waals surface area (Å²) in [6.45, 7) is 0. The number of benzene rings is 9. The summed E-state index contributed by atoms with van der Waals surface area (Å²) in [4.78, 5) is 16.2. The lowest BCUT2D eigenvalue weighted by atomic mass is 9.55. The highest BCUT2D eigenvalue weighted by molar-refractivity contribution is 6.73. The number of aromatic nitrogens is 3. The average molecular weight is 929 g/mol. The van der Waals surface area contributed by atoms with Crippen molar-refractivity contribution < 1.29 is 4.42 Å². The smallest absolute Gasteiger partial charge is 0.164 e. The fourth-order valence-corrected chi connectivity index (χ4v) is 12.9. The van der Waals surface area contributed by atoms with Gasteiger partial charge in [-0.3, -0.25) is 0 Å². The first-order valence-electron chi connectivity index (χ1n) is 26.3.